The maximum atomic E-state index is 9.15. The summed E-state index contributed by atoms with van der Waals surface area (Å²) in [6, 6.07) is 0. The molecular weight excluding hydrogens is 113 g/mol. The van der Waals surface area contributed by atoms with Crippen LogP contribution in [0.5, 0.6) is 0 Å². The third kappa shape index (κ3) is 1.99. The molecule has 1 heterocycles. The molecule has 1 aliphatic rings. The molecule has 1 unspecified atom stereocenters. The molecule has 51 valence electrons. The number of β-amino-alcohol motifs (C(OH)–C–C–N with tert-alkyl or cyclic N) is 1. The quantitative estimate of drug-likeness (QED) is 0.504. The molecule has 0 spiro atoms. The average molecular weight is 126 g/mol. The first kappa shape index (κ1) is 7.10. The van der Waals surface area contributed by atoms with E-state index in [0.717, 1.165) is 25.9 Å². The summed E-state index contributed by atoms with van der Waals surface area (Å²) in [5.41, 5.74) is 0. The van der Waals surface area contributed by atoms with Crippen molar-refractivity contribution in [3.8, 4) is 0 Å². The number of nitrogens with zero attached hydrogens (tertiary/aromatic N) is 1. The predicted molar refractivity (Wildman–Crippen MR) is 38.4 cm³/mol. The molecule has 0 aromatic carbocycles. The summed E-state index contributed by atoms with van der Waals surface area (Å²) in [5, 5.41) is 9.15. The molecule has 0 aromatic rings. The molecule has 0 aliphatic carbocycles. The Kier molecular flexibility index (Phi) is 2.55. The van der Waals surface area contributed by atoms with Crippen molar-refractivity contribution >= 4 is 7.41 Å². The van der Waals surface area contributed by atoms with E-state index in [2.05, 4.69) is 4.81 Å². The molecule has 3 heteroatoms. The van der Waals surface area contributed by atoms with E-state index in [1.165, 1.54) is 0 Å². The van der Waals surface area contributed by atoms with Crippen molar-refractivity contribution in [1.82, 2.24) is 4.81 Å². The van der Waals surface area contributed by atoms with Crippen LogP contribution in [0.3, 0.4) is 0 Å². The van der Waals surface area contributed by atoms with E-state index in [0.29, 0.717) is 0 Å². The zero-order valence-corrected chi connectivity index (χ0v) is 5.88. The van der Waals surface area contributed by atoms with Crippen molar-refractivity contribution in [2.45, 2.75) is 25.8 Å². The van der Waals surface area contributed by atoms with Crippen molar-refractivity contribution < 1.29 is 5.11 Å². The average Bonchev–Trinajstić information content (AvgIpc) is 1.88. The minimum absolute atomic E-state index is 0.0880. The normalized spacial score (nSPS) is 30.2. The lowest BCUT2D eigenvalue weighted by molar-refractivity contribution is 0.108. The third-order valence-electron chi connectivity index (χ3n) is 1.79. The molecule has 0 amide bonds. The second-order valence-electron chi connectivity index (χ2n) is 2.55. The Hall–Kier alpha value is -0.0151. The lowest BCUT2D eigenvalue weighted by Crippen LogP contribution is -2.39. The monoisotopic (exact) mass is 126 g/mol. The fourth-order valence-electron chi connectivity index (χ4n) is 1.22. The first-order valence-electron chi connectivity index (χ1n) is 3.54. The molecule has 9 heavy (non-hydrogen) atoms. The van der Waals surface area contributed by atoms with Crippen LogP contribution in [0.15, 0.2) is 0 Å². The van der Waals surface area contributed by atoms with Crippen LogP contribution in [0.4, 0.5) is 0 Å². The van der Waals surface area contributed by atoms with Crippen LogP contribution in [0.1, 0.15) is 12.8 Å². The SMILES string of the molecule is C[B]N1CCCC(O)C1. The number of hydrogen-bond acceptors (Lipinski definition) is 2. The maximum absolute atomic E-state index is 9.15. The molecule has 1 N–H and O–H groups in total. The summed E-state index contributed by atoms with van der Waals surface area (Å²) < 4.78 is 0. The molecule has 1 rings (SSSR count). The van der Waals surface area contributed by atoms with Gasteiger partial charge in [-0.2, -0.15) is 0 Å². The van der Waals surface area contributed by atoms with Gasteiger partial charge in [-0.05, 0) is 19.4 Å². The molecule has 1 atom stereocenters. The van der Waals surface area contributed by atoms with Crippen LogP contribution in [0.2, 0.25) is 6.82 Å². The zero-order chi connectivity index (χ0) is 6.69. The molecule has 0 aromatic heterocycles. The molecule has 1 radical (unpaired) electrons. The smallest absolute Gasteiger partial charge is 0.205 e. The van der Waals surface area contributed by atoms with E-state index < -0.39 is 0 Å². The van der Waals surface area contributed by atoms with Crippen LogP contribution >= 0.6 is 0 Å². The first-order chi connectivity index (χ1) is 4.33. The van der Waals surface area contributed by atoms with E-state index >= 15 is 0 Å². The first-order valence-corrected chi connectivity index (χ1v) is 3.54. The minimum Gasteiger partial charge on any atom is -0.392 e. The van der Waals surface area contributed by atoms with Crippen LogP contribution in [0, 0.1) is 0 Å². The largest absolute Gasteiger partial charge is 0.392 e. The summed E-state index contributed by atoms with van der Waals surface area (Å²) in [7, 11) is 2.04. The maximum Gasteiger partial charge on any atom is 0.205 e. The van der Waals surface area contributed by atoms with Crippen LogP contribution in [0.25, 0.3) is 0 Å². The van der Waals surface area contributed by atoms with Gasteiger partial charge in [-0.25, -0.2) is 0 Å². The second-order valence-corrected chi connectivity index (χ2v) is 2.55. The highest BCUT2D eigenvalue weighted by Crippen LogP contribution is 2.07. The Labute approximate surface area is 57.1 Å². The lowest BCUT2D eigenvalue weighted by atomic mass is 9.91. The lowest BCUT2D eigenvalue weighted by Gasteiger charge is -2.28. The Morgan fingerprint density at radius 3 is 2.89 bits per heavy atom. The molecule has 1 saturated heterocycles. The highest BCUT2D eigenvalue weighted by atomic mass is 16.3. The summed E-state index contributed by atoms with van der Waals surface area (Å²) in [6.07, 6.45) is 2.02. The molecule has 0 bridgehead atoms. The van der Waals surface area contributed by atoms with Gasteiger partial charge in [-0.3, -0.25) is 0 Å². The number of aliphatic hydroxyl groups excluding tert-OH is 1. The van der Waals surface area contributed by atoms with Crippen LogP contribution in [-0.4, -0.2) is 36.5 Å². The second kappa shape index (κ2) is 3.23. The van der Waals surface area contributed by atoms with Gasteiger partial charge in [0.25, 0.3) is 0 Å². The molecule has 0 saturated carbocycles. The minimum atomic E-state index is -0.0880. The van der Waals surface area contributed by atoms with Gasteiger partial charge in [0.15, 0.2) is 0 Å². The molecule has 2 nitrogen and oxygen atoms in total. The van der Waals surface area contributed by atoms with Crippen LogP contribution < -0.4 is 0 Å². The Morgan fingerprint density at radius 2 is 2.44 bits per heavy atom. The van der Waals surface area contributed by atoms with E-state index in [4.69, 9.17) is 5.11 Å². The van der Waals surface area contributed by atoms with Crippen LogP contribution in [-0.2, 0) is 0 Å². The molecular formula is C6H13BNO. The molecule has 1 fully saturated rings. The van der Waals surface area contributed by atoms with E-state index in [-0.39, 0.29) is 6.10 Å². The van der Waals surface area contributed by atoms with Gasteiger partial charge >= 0.3 is 0 Å². The van der Waals surface area contributed by atoms with E-state index in [1.54, 1.807) is 0 Å². The summed E-state index contributed by atoms with van der Waals surface area (Å²) >= 11 is 0. The topological polar surface area (TPSA) is 23.5 Å². The standard InChI is InChI=1S/C6H13BNO/c1-7-8-4-2-3-6(9)5-8/h6,9H,2-5H2,1H3. The van der Waals surface area contributed by atoms with Crippen molar-refractivity contribution in [3.63, 3.8) is 0 Å². The fraction of sp³-hybridized carbons (Fsp3) is 1.00. The van der Waals surface area contributed by atoms with Gasteiger partial charge in [0.05, 0.1) is 6.10 Å². The molecule has 1 aliphatic heterocycles. The van der Waals surface area contributed by atoms with Gasteiger partial charge < -0.3 is 9.92 Å². The number of piperidine rings is 1. The van der Waals surface area contributed by atoms with Gasteiger partial charge in [-0.1, -0.05) is 6.82 Å². The summed E-state index contributed by atoms with van der Waals surface area (Å²) in [5.74, 6) is 0. The van der Waals surface area contributed by atoms with Crippen molar-refractivity contribution in [1.29, 1.82) is 0 Å². The van der Waals surface area contributed by atoms with Crippen molar-refractivity contribution in [2.24, 2.45) is 0 Å². The summed E-state index contributed by atoms with van der Waals surface area (Å²) in [4.78, 5) is 2.16. The number of hydrogen-bond donors (Lipinski definition) is 1. The van der Waals surface area contributed by atoms with Gasteiger partial charge in [0, 0.05) is 6.54 Å². The number of aliphatic hydroxyl groups is 1. The summed E-state index contributed by atoms with van der Waals surface area (Å²) in [6.45, 7) is 3.96. The predicted octanol–water partition coefficient (Wildman–Crippen LogP) is 0.110. The van der Waals surface area contributed by atoms with E-state index in [1.807, 2.05) is 14.2 Å². The Balaban J connectivity index is 2.23. The van der Waals surface area contributed by atoms with Gasteiger partial charge in [0.1, 0.15) is 0 Å². The van der Waals surface area contributed by atoms with E-state index in [9.17, 15) is 0 Å². The fourth-order valence-corrected chi connectivity index (χ4v) is 1.22. The van der Waals surface area contributed by atoms with Gasteiger partial charge in [-0.15, -0.1) is 0 Å². The third-order valence-corrected chi connectivity index (χ3v) is 1.79. The zero-order valence-electron chi connectivity index (χ0n) is 5.88. The Morgan fingerprint density at radius 1 is 1.67 bits per heavy atom. The number of rotatable bonds is 1. The Bertz CT molecular complexity index is 89.1. The van der Waals surface area contributed by atoms with Gasteiger partial charge in [0.2, 0.25) is 7.41 Å². The van der Waals surface area contributed by atoms with Crippen molar-refractivity contribution in [3.05, 3.63) is 0 Å². The highest BCUT2D eigenvalue weighted by molar-refractivity contribution is 6.29. The highest BCUT2D eigenvalue weighted by Gasteiger charge is 2.15. The van der Waals surface area contributed by atoms with Crippen molar-refractivity contribution in [2.75, 3.05) is 13.1 Å².